The van der Waals surface area contributed by atoms with E-state index in [2.05, 4.69) is 32.2 Å². The van der Waals surface area contributed by atoms with Gasteiger partial charge in [-0.1, -0.05) is 77.4 Å². The lowest BCUT2D eigenvalue weighted by Crippen LogP contribution is -2.46. The van der Waals surface area contributed by atoms with E-state index in [1.807, 2.05) is 79.7 Å². The third kappa shape index (κ3) is 7.24. The quantitative estimate of drug-likeness (QED) is 0.140. The first kappa shape index (κ1) is 27.3. The van der Waals surface area contributed by atoms with Crippen LogP contribution in [0.15, 0.2) is 90.1 Å². The molecule has 0 aliphatic carbocycles. The zero-order valence-corrected chi connectivity index (χ0v) is 23.9. The SMILES string of the molecule is CC(NC(=O)c1ccc(CSc2nc(Cl)cc(N3CCN(c4ccc(Cl)cc4)CC3)n2)cc1)c1ccccc1. The summed E-state index contributed by atoms with van der Waals surface area (Å²) in [6.45, 7) is 5.43. The van der Waals surface area contributed by atoms with Crippen molar-refractivity contribution in [1.29, 1.82) is 0 Å². The number of nitrogens with one attached hydrogen (secondary N) is 1. The first-order chi connectivity index (χ1) is 18.9. The summed E-state index contributed by atoms with van der Waals surface area (Å²) in [5.74, 6) is 1.42. The summed E-state index contributed by atoms with van der Waals surface area (Å²) in [5, 5.41) is 4.87. The number of anilines is 2. The van der Waals surface area contributed by atoms with E-state index in [4.69, 9.17) is 28.2 Å². The average Bonchev–Trinajstić information content (AvgIpc) is 2.97. The molecule has 0 saturated carbocycles. The molecule has 1 aliphatic rings. The Morgan fingerprint density at radius 3 is 2.26 bits per heavy atom. The highest BCUT2D eigenvalue weighted by atomic mass is 35.5. The molecule has 1 N–H and O–H groups in total. The maximum atomic E-state index is 12.7. The number of halogens is 2. The van der Waals surface area contributed by atoms with Crippen LogP contribution in [0.5, 0.6) is 0 Å². The van der Waals surface area contributed by atoms with Gasteiger partial charge in [0.25, 0.3) is 5.91 Å². The van der Waals surface area contributed by atoms with Gasteiger partial charge in [0.15, 0.2) is 5.16 Å². The molecule has 0 spiro atoms. The summed E-state index contributed by atoms with van der Waals surface area (Å²) in [5.41, 5.74) is 3.95. The molecule has 1 aliphatic heterocycles. The average molecular weight is 579 g/mol. The Kier molecular flexibility index (Phi) is 8.91. The van der Waals surface area contributed by atoms with Gasteiger partial charge < -0.3 is 15.1 Å². The van der Waals surface area contributed by atoms with E-state index < -0.39 is 0 Å². The number of carbonyl (C=O) groups is 1. The Morgan fingerprint density at radius 2 is 1.56 bits per heavy atom. The lowest BCUT2D eigenvalue weighted by Gasteiger charge is -2.36. The summed E-state index contributed by atoms with van der Waals surface area (Å²) in [6, 6.07) is 27.3. The number of rotatable bonds is 8. The maximum absolute atomic E-state index is 12.7. The monoisotopic (exact) mass is 577 g/mol. The molecule has 1 aromatic heterocycles. The minimum Gasteiger partial charge on any atom is -0.368 e. The van der Waals surface area contributed by atoms with Crippen molar-refractivity contribution in [3.05, 3.63) is 112 Å². The summed E-state index contributed by atoms with van der Waals surface area (Å²) >= 11 is 13.9. The molecule has 1 saturated heterocycles. The molecule has 0 bridgehead atoms. The highest BCUT2D eigenvalue weighted by molar-refractivity contribution is 7.98. The van der Waals surface area contributed by atoms with Crippen molar-refractivity contribution >= 4 is 52.4 Å². The molecule has 0 radical (unpaired) electrons. The summed E-state index contributed by atoms with van der Waals surface area (Å²) in [4.78, 5) is 26.5. The van der Waals surface area contributed by atoms with Gasteiger partial charge >= 0.3 is 0 Å². The normalized spacial score (nSPS) is 14.2. The summed E-state index contributed by atoms with van der Waals surface area (Å²) in [6.07, 6.45) is 0. The fourth-order valence-corrected chi connectivity index (χ4v) is 5.63. The van der Waals surface area contributed by atoms with Crippen LogP contribution in [-0.2, 0) is 5.75 Å². The number of thioether (sulfide) groups is 1. The smallest absolute Gasteiger partial charge is 0.251 e. The summed E-state index contributed by atoms with van der Waals surface area (Å²) in [7, 11) is 0. The number of benzene rings is 3. The summed E-state index contributed by atoms with van der Waals surface area (Å²) < 4.78 is 0. The number of hydrogen-bond donors (Lipinski definition) is 1. The van der Waals surface area contributed by atoms with Gasteiger partial charge in [-0.3, -0.25) is 4.79 Å². The van der Waals surface area contributed by atoms with Crippen LogP contribution in [-0.4, -0.2) is 42.1 Å². The molecule has 2 heterocycles. The Morgan fingerprint density at radius 1 is 0.897 bits per heavy atom. The predicted octanol–water partition coefficient (Wildman–Crippen LogP) is 6.89. The van der Waals surface area contributed by atoms with Crippen molar-refractivity contribution < 1.29 is 4.79 Å². The number of aromatic nitrogens is 2. The van der Waals surface area contributed by atoms with Crippen LogP contribution in [0.4, 0.5) is 11.5 Å². The minimum absolute atomic E-state index is 0.0662. The van der Waals surface area contributed by atoms with Gasteiger partial charge in [-0.2, -0.15) is 0 Å². The molecule has 1 unspecified atom stereocenters. The van der Waals surface area contributed by atoms with Crippen molar-refractivity contribution in [3.63, 3.8) is 0 Å². The Hall–Kier alpha value is -3.26. The number of amides is 1. The van der Waals surface area contributed by atoms with Crippen LogP contribution in [0.2, 0.25) is 10.2 Å². The molecular weight excluding hydrogens is 549 g/mol. The van der Waals surface area contributed by atoms with Crippen molar-refractivity contribution in [2.75, 3.05) is 36.0 Å². The largest absolute Gasteiger partial charge is 0.368 e. The van der Waals surface area contributed by atoms with Gasteiger partial charge in [0.2, 0.25) is 0 Å². The van der Waals surface area contributed by atoms with Crippen LogP contribution in [0.1, 0.15) is 34.5 Å². The van der Waals surface area contributed by atoms with E-state index in [1.165, 1.54) is 17.4 Å². The highest BCUT2D eigenvalue weighted by Gasteiger charge is 2.20. The van der Waals surface area contributed by atoms with E-state index in [0.29, 0.717) is 21.6 Å². The van der Waals surface area contributed by atoms with Gasteiger partial charge in [0, 0.05) is 54.3 Å². The third-order valence-electron chi connectivity index (χ3n) is 6.69. The standard InChI is InChI=1S/C30H29Cl2N5OS/c1-21(23-5-3-2-4-6-23)33-29(38)24-9-7-22(8-10-24)20-39-30-34-27(32)19-28(35-30)37-17-15-36(16-18-37)26-13-11-25(31)12-14-26/h2-14,19,21H,15-18,20H2,1H3,(H,33,38). The molecule has 9 heteroatoms. The minimum atomic E-state index is -0.0930. The first-order valence-corrected chi connectivity index (χ1v) is 14.6. The zero-order chi connectivity index (χ0) is 27.2. The molecule has 3 aromatic carbocycles. The molecule has 5 rings (SSSR count). The molecule has 39 heavy (non-hydrogen) atoms. The van der Waals surface area contributed by atoms with Crippen molar-refractivity contribution in [3.8, 4) is 0 Å². The second-order valence-corrected chi connectivity index (χ2v) is 11.1. The van der Waals surface area contributed by atoms with Crippen molar-refractivity contribution in [2.24, 2.45) is 0 Å². The molecule has 1 atom stereocenters. The van der Waals surface area contributed by atoms with E-state index in [1.54, 1.807) is 0 Å². The van der Waals surface area contributed by atoms with Gasteiger partial charge in [-0.25, -0.2) is 9.97 Å². The van der Waals surface area contributed by atoms with Crippen molar-refractivity contribution in [2.45, 2.75) is 23.9 Å². The van der Waals surface area contributed by atoms with Crippen LogP contribution in [0, 0.1) is 0 Å². The predicted molar refractivity (Wildman–Crippen MR) is 161 cm³/mol. The fourth-order valence-electron chi connectivity index (χ4n) is 4.46. The van der Waals surface area contributed by atoms with Crippen LogP contribution >= 0.6 is 35.0 Å². The van der Waals surface area contributed by atoms with Gasteiger partial charge in [0.05, 0.1) is 6.04 Å². The maximum Gasteiger partial charge on any atom is 0.251 e. The third-order valence-corrected chi connectivity index (χ3v) is 8.05. The number of hydrogen-bond acceptors (Lipinski definition) is 6. The molecule has 6 nitrogen and oxygen atoms in total. The molecular formula is C30H29Cl2N5OS. The number of carbonyl (C=O) groups excluding carboxylic acids is 1. The van der Waals surface area contributed by atoms with Gasteiger partial charge in [0.1, 0.15) is 11.0 Å². The lowest BCUT2D eigenvalue weighted by atomic mass is 10.1. The lowest BCUT2D eigenvalue weighted by molar-refractivity contribution is 0.0940. The molecule has 1 amide bonds. The van der Waals surface area contributed by atoms with E-state index in [9.17, 15) is 4.79 Å². The van der Waals surface area contributed by atoms with Gasteiger partial charge in [-0.15, -0.1) is 0 Å². The van der Waals surface area contributed by atoms with E-state index >= 15 is 0 Å². The van der Waals surface area contributed by atoms with Crippen LogP contribution in [0.25, 0.3) is 0 Å². The second kappa shape index (κ2) is 12.7. The number of piperazine rings is 1. The Labute approximate surface area is 243 Å². The highest BCUT2D eigenvalue weighted by Crippen LogP contribution is 2.27. The molecule has 4 aromatic rings. The number of nitrogens with zero attached hydrogens (tertiary/aromatic N) is 4. The molecule has 200 valence electrons. The Balaban J connectivity index is 1.15. The second-order valence-electron chi connectivity index (χ2n) is 9.37. The first-order valence-electron chi connectivity index (χ1n) is 12.8. The van der Waals surface area contributed by atoms with Crippen molar-refractivity contribution in [1.82, 2.24) is 15.3 Å². The topological polar surface area (TPSA) is 61.4 Å². The zero-order valence-electron chi connectivity index (χ0n) is 21.6. The van der Waals surface area contributed by atoms with Crippen LogP contribution < -0.4 is 15.1 Å². The van der Waals surface area contributed by atoms with E-state index in [0.717, 1.165) is 48.1 Å². The molecule has 1 fully saturated rings. The van der Waals surface area contributed by atoms with E-state index in [-0.39, 0.29) is 11.9 Å². The Bertz CT molecular complexity index is 1400. The van der Waals surface area contributed by atoms with Crippen LogP contribution in [0.3, 0.4) is 0 Å². The fraction of sp³-hybridized carbons (Fsp3) is 0.233. The van der Waals surface area contributed by atoms with Gasteiger partial charge in [-0.05, 0) is 54.4 Å².